The van der Waals surface area contributed by atoms with Gasteiger partial charge < -0.3 is 24.6 Å². The molecular weight excluding hydrogens is 635 g/mol. The Labute approximate surface area is 268 Å². The Morgan fingerprint density at radius 1 is 0.957 bits per heavy atom. The van der Waals surface area contributed by atoms with Crippen LogP contribution in [0.4, 0.5) is 16.3 Å². The van der Waals surface area contributed by atoms with Crippen LogP contribution in [0.3, 0.4) is 0 Å². The lowest BCUT2D eigenvalue weighted by Gasteiger charge is -2.24. The van der Waals surface area contributed by atoms with Crippen LogP contribution in [0.5, 0.6) is 5.75 Å². The molecule has 4 rings (SSSR count). The van der Waals surface area contributed by atoms with Crippen LogP contribution in [0, 0.1) is 13.8 Å². The third kappa shape index (κ3) is 8.49. The number of benzene rings is 2. The van der Waals surface area contributed by atoms with E-state index in [9.17, 15) is 23.7 Å². The lowest BCUT2D eigenvalue weighted by molar-refractivity contribution is -0.150. The Balaban J connectivity index is 1.62. The summed E-state index contributed by atoms with van der Waals surface area (Å²) in [6.07, 6.45) is 1.45. The molecule has 0 spiro atoms. The number of esters is 1. The first kappa shape index (κ1) is 34.6. The first-order valence-electron chi connectivity index (χ1n) is 14.3. The van der Waals surface area contributed by atoms with E-state index in [1.54, 1.807) is 39.8 Å². The topological polar surface area (TPSA) is 211 Å². The Kier molecular flexibility index (Phi) is 10.9. The van der Waals surface area contributed by atoms with Crippen LogP contribution in [-0.4, -0.2) is 68.1 Å². The number of nitrogens with one attached hydrogen (secondary N) is 2. The van der Waals surface area contributed by atoms with Crippen molar-refractivity contribution < 1.29 is 47.5 Å². The van der Waals surface area contributed by atoms with E-state index in [2.05, 4.69) is 25.2 Å². The fourth-order valence-corrected chi connectivity index (χ4v) is 4.97. The van der Waals surface area contributed by atoms with Crippen LogP contribution in [0.25, 0.3) is 5.52 Å². The predicted molar refractivity (Wildman–Crippen MR) is 167 cm³/mol. The normalized spacial score (nSPS) is 11.1. The first-order chi connectivity index (χ1) is 22.3. The van der Waals surface area contributed by atoms with E-state index >= 15 is 0 Å². The molecule has 0 aliphatic heterocycles. The zero-order valence-electron chi connectivity index (χ0n) is 25.9. The second-order valence-corrected chi connectivity index (χ2v) is 11.2. The van der Waals surface area contributed by atoms with E-state index in [0.29, 0.717) is 40.9 Å². The standard InChI is InChI=1S/C30H33N6O10P/c1-5-31-28(38)21-10-7-18(3)24(14-21)36(27-26-19(4)23(29(39)32-6-2)15-35(26)34-16-33-27)30(40)45-17-44-25(37)13-20-8-11-22(12-9-20)46-47(41,42)43/h7-12,14-16H,5-6,13,17H2,1-4H3,(H,31,38)(H,32,39)(H2,41,42,43). The minimum atomic E-state index is -4.74. The molecule has 4 aromatic rings. The molecule has 0 radical (unpaired) electrons. The molecule has 0 atom stereocenters. The number of aromatic nitrogens is 3. The molecule has 0 aliphatic rings. The summed E-state index contributed by atoms with van der Waals surface area (Å²) in [5.41, 5.74) is 2.61. The molecule has 2 aromatic carbocycles. The van der Waals surface area contributed by atoms with Crippen LogP contribution in [0.2, 0.25) is 0 Å². The van der Waals surface area contributed by atoms with E-state index in [4.69, 9.17) is 19.3 Å². The number of carbonyl (C=O) groups is 4. The molecule has 2 heterocycles. The molecule has 47 heavy (non-hydrogen) atoms. The number of rotatable bonds is 12. The summed E-state index contributed by atoms with van der Waals surface area (Å²) in [6.45, 7) is 6.94. The smallest absolute Gasteiger partial charge is 0.428 e. The Hall–Kier alpha value is -5.31. The van der Waals surface area contributed by atoms with Crippen molar-refractivity contribution in [2.24, 2.45) is 0 Å². The summed E-state index contributed by atoms with van der Waals surface area (Å²) in [4.78, 5) is 75.1. The number of amides is 3. The largest absolute Gasteiger partial charge is 0.524 e. The molecule has 0 aliphatic carbocycles. The average molecular weight is 669 g/mol. The SMILES string of the molecule is CCNC(=O)c1ccc(C)c(N(C(=O)OCOC(=O)Cc2ccc(OP(=O)(O)O)cc2)c2ncnn3cc(C(=O)NCC)c(C)c23)c1. The van der Waals surface area contributed by atoms with E-state index in [1.807, 2.05) is 0 Å². The molecule has 248 valence electrons. The molecule has 4 N–H and O–H groups in total. The molecular formula is C30H33N6O10P. The Morgan fingerprint density at radius 3 is 2.30 bits per heavy atom. The van der Waals surface area contributed by atoms with Crippen LogP contribution in [0.1, 0.15) is 51.3 Å². The van der Waals surface area contributed by atoms with Crippen LogP contribution < -0.4 is 20.1 Å². The highest BCUT2D eigenvalue weighted by atomic mass is 31.2. The van der Waals surface area contributed by atoms with E-state index in [1.165, 1.54) is 47.4 Å². The summed E-state index contributed by atoms with van der Waals surface area (Å²) in [5.74, 6) is -1.53. The third-order valence-electron chi connectivity index (χ3n) is 6.73. The highest BCUT2D eigenvalue weighted by molar-refractivity contribution is 7.46. The molecule has 17 heteroatoms. The van der Waals surface area contributed by atoms with E-state index in [0.717, 1.165) is 4.90 Å². The van der Waals surface area contributed by atoms with Gasteiger partial charge in [-0.3, -0.25) is 24.2 Å². The highest BCUT2D eigenvalue weighted by Crippen LogP contribution is 2.37. The first-order valence-corrected chi connectivity index (χ1v) is 15.8. The van der Waals surface area contributed by atoms with Gasteiger partial charge in [0.1, 0.15) is 17.6 Å². The Morgan fingerprint density at radius 2 is 1.64 bits per heavy atom. The zero-order chi connectivity index (χ0) is 34.3. The average Bonchev–Trinajstić information content (AvgIpc) is 3.35. The van der Waals surface area contributed by atoms with Gasteiger partial charge in [-0.2, -0.15) is 5.10 Å². The predicted octanol–water partition coefficient (Wildman–Crippen LogP) is 3.34. The molecule has 0 fully saturated rings. The van der Waals surface area contributed by atoms with Crippen LogP contribution >= 0.6 is 7.82 Å². The van der Waals surface area contributed by atoms with Crippen molar-refractivity contribution in [3.05, 3.63) is 82.8 Å². The maximum Gasteiger partial charge on any atom is 0.524 e. The van der Waals surface area contributed by atoms with Crippen molar-refractivity contribution in [2.45, 2.75) is 34.1 Å². The second kappa shape index (κ2) is 14.9. The van der Waals surface area contributed by atoms with Gasteiger partial charge >= 0.3 is 19.9 Å². The number of fused-ring (bicyclic) bond motifs is 1. The van der Waals surface area contributed by atoms with Crippen molar-refractivity contribution in [2.75, 3.05) is 24.8 Å². The van der Waals surface area contributed by atoms with Crippen molar-refractivity contribution in [3.63, 3.8) is 0 Å². The molecule has 3 amide bonds. The lowest BCUT2D eigenvalue weighted by atomic mass is 10.1. The molecule has 16 nitrogen and oxygen atoms in total. The number of hydrogen-bond donors (Lipinski definition) is 4. The number of anilines is 2. The van der Waals surface area contributed by atoms with Crippen molar-refractivity contribution in [1.29, 1.82) is 0 Å². The number of hydrogen-bond acceptors (Lipinski definition) is 10. The van der Waals surface area contributed by atoms with E-state index < -0.39 is 26.7 Å². The van der Waals surface area contributed by atoms with Gasteiger partial charge in [0.2, 0.25) is 6.79 Å². The lowest BCUT2D eigenvalue weighted by Crippen LogP contribution is -2.31. The molecule has 0 unspecified atom stereocenters. The molecule has 2 aromatic heterocycles. The minimum absolute atomic E-state index is 0.0399. The van der Waals surface area contributed by atoms with Crippen molar-refractivity contribution in [1.82, 2.24) is 25.2 Å². The van der Waals surface area contributed by atoms with Gasteiger partial charge in [-0.1, -0.05) is 18.2 Å². The summed E-state index contributed by atoms with van der Waals surface area (Å²) in [6, 6.07) is 10.1. The molecule has 0 saturated carbocycles. The molecule has 0 bridgehead atoms. The number of phosphoric acid groups is 1. The third-order valence-corrected chi connectivity index (χ3v) is 7.18. The number of phosphoric ester groups is 1. The fourth-order valence-electron chi connectivity index (χ4n) is 4.58. The zero-order valence-corrected chi connectivity index (χ0v) is 26.8. The van der Waals surface area contributed by atoms with Crippen molar-refractivity contribution >= 4 is 48.7 Å². The molecule has 0 saturated heterocycles. The van der Waals surface area contributed by atoms with Gasteiger partial charge in [-0.15, -0.1) is 0 Å². The number of ether oxygens (including phenoxy) is 2. The summed E-state index contributed by atoms with van der Waals surface area (Å²) in [7, 11) is -4.74. The second-order valence-electron chi connectivity index (χ2n) is 10.0. The number of nitrogens with zero attached hydrogens (tertiary/aromatic N) is 4. The van der Waals surface area contributed by atoms with E-state index in [-0.39, 0.29) is 41.1 Å². The van der Waals surface area contributed by atoms with Crippen LogP contribution in [0.15, 0.2) is 55.0 Å². The van der Waals surface area contributed by atoms with Gasteiger partial charge in [0.15, 0.2) is 5.82 Å². The number of aryl methyl sites for hydroxylation is 2. The Bertz CT molecular complexity index is 1850. The van der Waals surface area contributed by atoms with Gasteiger partial charge in [-0.25, -0.2) is 23.8 Å². The monoisotopic (exact) mass is 668 g/mol. The summed E-state index contributed by atoms with van der Waals surface area (Å²) in [5, 5.41) is 9.66. The minimum Gasteiger partial charge on any atom is -0.428 e. The quantitative estimate of drug-likeness (QED) is 0.0973. The highest BCUT2D eigenvalue weighted by Gasteiger charge is 2.29. The fraction of sp³-hybridized carbons (Fsp3) is 0.267. The summed E-state index contributed by atoms with van der Waals surface area (Å²) < 4.78 is 27.4. The van der Waals surface area contributed by atoms with Gasteiger partial charge in [0.05, 0.1) is 17.7 Å². The van der Waals surface area contributed by atoms with Gasteiger partial charge in [0.25, 0.3) is 11.8 Å². The maximum absolute atomic E-state index is 13.8. The summed E-state index contributed by atoms with van der Waals surface area (Å²) >= 11 is 0. The van der Waals surface area contributed by atoms with Crippen molar-refractivity contribution in [3.8, 4) is 5.75 Å². The van der Waals surface area contributed by atoms with Gasteiger partial charge in [0, 0.05) is 24.8 Å². The van der Waals surface area contributed by atoms with Gasteiger partial charge in [-0.05, 0) is 68.7 Å². The van der Waals surface area contributed by atoms with Crippen LogP contribution in [-0.2, 0) is 25.3 Å². The maximum atomic E-state index is 13.8. The number of carbonyl (C=O) groups excluding carboxylic acids is 4.